The van der Waals surface area contributed by atoms with Crippen molar-refractivity contribution in [2.24, 2.45) is 0 Å². The number of thiophene rings is 1. The highest BCUT2D eigenvalue weighted by molar-refractivity contribution is 7.14. The first-order valence-corrected chi connectivity index (χ1v) is 10.5. The van der Waals surface area contributed by atoms with E-state index in [1.807, 2.05) is 44.2 Å². The van der Waals surface area contributed by atoms with Crippen molar-refractivity contribution in [1.29, 1.82) is 0 Å². The lowest BCUT2D eigenvalue weighted by Gasteiger charge is -2.23. The van der Waals surface area contributed by atoms with Crippen LogP contribution in [0.1, 0.15) is 37.7 Å². The first-order chi connectivity index (χ1) is 13.8. The van der Waals surface area contributed by atoms with Gasteiger partial charge in [0.2, 0.25) is 0 Å². The number of anilines is 1. The minimum atomic E-state index is -1.93. The molecule has 0 bridgehead atoms. The quantitative estimate of drug-likeness (QED) is 0.583. The van der Waals surface area contributed by atoms with Crippen molar-refractivity contribution in [3.8, 4) is 0 Å². The number of Topliss-reactive ketones (excluding diaryl/α,β-unsaturated/α-hetero) is 1. The second-order valence-corrected chi connectivity index (χ2v) is 9.07. The molecule has 2 aromatic carbocycles. The Morgan fingerprint density at radius 1 is 1.14 bits per heavy atom. The van der Waals surface area contributed by atoms with Crippen molar-refractivity contribution >= 4 is 40.3 Å². The van der Waals surface area contributed by atoms with Crippen LogP contribution in [0, 0.1) is 13.8 Å². The van der Waals surface area contributed by atoms with Crippen LogP contribution in [0.15, 0.2) is 54.6 Å². The van der Waals surface area contributed by atoms with E-state index >= 15 is 0 Å². The van der Waals surface area contributed by atoms with Gasteiger partial charge in [0.15, 0.2) is 11.4 Å². The summed E-state index contributed by atoms with van der Waals surface area (Å²) in [7, 11) is 0. The molecule has 1 N–H and O–H groups in total. The number of benzene rings is 2. The number of carbonyl (C=O) groups is 2. The lowest BCUT2D eigenvalue weighted by atomic mass is 9.89. The molecule has 0 saturated heterocycles. The van der Waals surface area contributed by atoms with Crippen molar-refractivity contribution in [3.63, 3.8) is 0 Å². The number of halogens is 1. The van der Waals surface area contributed by atoms with Gasteiger partial charge in [0, 0.05) is 15.5 Å². The predicted octanol–water partition coefficient (Wildman–Crippen LogP) is 5.03. The number of nitrogens with zero attached hydrogens (tertiary/aromatic N) is 1. The van der Waals surface area contributed by atoms with Crippen LogP contribution in [0.5, 0.6) is 0 Å². The Hall–Kier alpha value is -2.47. The van der Waals surface area contributed by atoms with E-state index in [-0.39, 0.29) is 12.2 Å². The first kappa shape index (κ1) is 19.8. The molecule has 0 aliphatic carbocycles. The topological polar surface area (TPSA) is 57.6 Å². The molecule has 29 heavy (non-hydrogen) atoms. The molecule has 4 nitrogen and oxygen atoms in total. The Morgan fingerprint density at radius 2 is 1.90 bits per heavy atom. The summed E-state index contributed by atoms with van der Waals surface area (Å²) in [6.45, 7) is 4.21. The monoisotopic (exact) mass is 425 g/mol. The van der Waals surface area contributed by atoms with Crippen LogP contribution >= 0.6 is 22.9 Å². The molecule has 0 fully saturated rings. The summed E-state index contributed by atoms with van der Waals surface area (Å²) in [6.07, 6.45) is -0.316. The number of aliphatic hydroxyl groups is 1. The summed E-state index contributed by atoms with van der Waals surface area (Å²) in [5, 5.41) is 11.8. The molecule has 0 spiro atoms. The number of rotatable bonds is 5. The average Bonchev–Trinajstić information content (AvgIpc) is 3.20. The summed E-state index contributed by atoms with van der Waals surface area (Å²) in [5.41, 5.74) is 1.06. The lowest BCUT2D eigenvalue weighted by molar-refractivity contribution is -0.136. The molecule has 148 valence electrons. The average molecular weight is 426 g/mol. The number of amides is 1. The SMILES string of the molecule is Cc1ccc(C(=O)CC2(O)C(=O)N(Cc3ccccc3C)c3ccc(Cl)cc32)s1. The van der Waals surface area contributed by atoms with Gasteiger partial charge in [-0.1, -0.05) is 35.9 Å². The smallest absolute Gasteiger partial charge is 0.264 e. The van der Waals surface area contributed by atoms with Crippen LogP contribution in [-0.2, 0) is 16.9 Å². The maximum Gasteiger partial charge on any atom is 0.264 e. The number of carbonyl (C=O) groups excluding carboxylic acids is 2. The van der Waals surface area contributed by atoms with E-state index in [4.69, 9.17) is 11.6 Å². The van der Waals surface area contributed by atoms with E-state index in [0.29, 0.717) is 27.7 Å². The number of hydrogen-bond acceptors (Lipinski definition) is 4. The maximum atomic E-state index is 13.4. The predicted molar refractivity (Wildman–Crippen MR) is 116 cm³/mol. The second-order valence-electron chi connectivity index (χ2n) is 7.35. The van der Waals surface area contributed by atoms with Crippen LogP contribution < -0.4 is 4.90 Å². The molecule has 1 aliphatic rings. The van der Waals surface area contributed by atoms with E-state index in [1.54, 1.807) is 29.2 Å². The molecule has 4 rings (SSSR count). The number of fused-ring (bicyclic) bond motifs is 1. The highest BCUT2D eigenvalue weighted by Crippen LogP contribution is 2.45. The van der Waals surface area contributed by atoms with Gasteiger partial charge in [0.1, 0.15) is 0 Å². The Morgan fingerprint density at radius 3 is 2.59 bits per heavy atom. The van der Waals surface area contributed by atoms with Crippen molar-refractivity contribution < 1.29 is 14.7 Å². The minimum Gasteiger partial charge on any atom is -0.375 e. The molecule has 1 aromatic heterocycles. The molecular formula is C23H20ClNO3S. The standard InChI is InChI=1S/C23H20ClNO3S/c1-14-5-3-4-6-16(14)13-25-19-9-8-17(24)11-18(19)23(28,22(25)27)12-20(26)21-10-7-15(2)29-21/h3-11,28H,12-13H2,1-2H3. The van der Waals surface area contributed by atoms with Crippen LogP contribution in [0.25, 0.3) is 0 Å². The lowest BCUT2D eigenvalue weighted by Crippen LogP contribution is -2.41. The van der Waals surface area contributed by atoms with Crippen LogP contribution in [0.2, 0.25) is 5.02 Å². The fourth-order valence-corrected chi connectivity index (χ4v) is 4.69. The van der Waals surface area contributed by atoms with Gasteiger partial charge in [-0.2, -0.15) is 0 Å². The van der Waals surface area contributed by atoms with Crippen molar-refractivity contribution in [2.75, 3.05) is 4.90 Å². The summed E-state index contributed by atoms with van der Waals surface area (Å²) >= 11 is 7.52. The van der Waals surface area contributed by atoms with Crippen LogP contribution in [-0.4, -0.2) is 16.8 Å². The molecule has 2 heterocycles. The van der Waals surface area contributed by atoms with Crippen molar-refractivity contribution in [3.05, 3.63) is 86.1 Å². The first-order valence-electron chi connectivity index (χ1n) is 9.28. The van der Waals surface area contributed by atoms with Crippen molar-refractivity contribution in [1.82, 2.24) is 0 Å². The van der Waals surface area contributed by atoms with E-state index in [2.05, 4.69) is 0 Å². The molecule has 1 atom stereocenters. The van der Waals surface area contributed by atoms with Gasteiger partial charge < -0.3 is 10.0 Å². The third-order valence-corrected chi connectivity index (χ3v) is 6.59. The summed E-state index contributed by atoms with van der Waals surface area (Å²) < 4.78 is 0. The van der Waals surface area contributed by atoms with Crippen LogP contribution in [0.4, 0.5) is 5.69 Å². The Kier molecular flexibility index (Phi) is 5.07. The number of ketones is 1. The van der Waals surface area contributed by atoms with E-state index in [1.165, 1.54) is 11.3 Å². The number of hydrogen-bond donors (Lipinski definition) is 1. The molecule has 0 saturated carbocycles. The summed E-state index contributed by atoms with van der Waals surface area (Å²) in [4.78, 5) is 29.3. The van der Waals surface area contributed by atoms with E-state index in [0.717, 1.165) is 16.0 Å². The molecule has 0 radical (unpaired) electrons. The normalized spacial score (nSPS) is 18.2. The molecule has 6 heteroatoms. The summed E-state index contributed by atoms with van der Waals surface area (Å²) in [5.74, 6) is -0.762. The molecule has 1 unspecified atom stereocenters. The van der Waals surface area contributed by atoms with Gasteiger partial charge in [-0.25, -0.2) is 0 Å². The minimum absolute atomic E-state index is 0.261. The summed E-state index contributed by atoms with van der Waals surface area (Å²) in [6, 6.07) is 16.4. The Labute approximate surface area is 178 Å². The molecule has 1 amide bonds. The van der Waals surface area contributed by atoms with Gasteiger partial charge in [-0.05, 0) is 55.3 Å². The number of aryl methyl sites for hydroxylation is 2. The molecular weight excluding hydrogens is 406 g/mol. The largest absolute Gasteiger partial charge is 0.375 e. The van der Waals surface area contributed by atoms with Gasteiger partial charge in [0.05, 0.1) is 23.5 Å². The highest BCUT2D eigenvalue weighted by Gasteiger charge is 2.51. The highest BCUT2D eigenvalue weighted by atomic mass is 35.5. The fraction of sp³-hybridized carbons (Fsp3) is 0.217. The zero-order valence-corrected chi connectivity index (χ0v) is 17.7. The molecule has 1 aliphatic heterocycles. The van der Waals surface area contributed by atoms with E-state index < -0.39 is 11.5 Å². The van der Waals surface area contributed by atoms with Gasteiger partial charge >= 0.3 is 0 Å². The maximum absolute atomic E-state index is 13.4. The fourth-order valence-electron chi connectivity index (χ4n) is 3.71. The van der Waals surface area contributed by atoms with Gasteiger partial charge in [-0.15, -0.1) is 11.3 Å². The van der Waals surface area contributed by atoms with Gasteiger partial charge in [-0.3, -0.25) is 9.59 Å². The van der Waals surface area contributed by atoms with Gasteiger partial charge in [0.25, 0.3) is 5.91 Å². The van der Waals surface area contributed by atoms with E-state index in [9.17, 15) is 14.7 Å². The zero-order chi connectivity index (χ0) is 20.8. The van der Waals surface area contributed by atoms with Crippen molar-refractivity contribution in [2.45, 2.75) is 32.4 Å². The molecule has 3 aromatic rings. The zero-order valence-electron chi connectivity index (χ0n) is 16.1. The third-order valence-electron chi connectivity index (χ3n) is 5.32. The Balaban J connectivity index is 1.73. The van der Waals surface area contributed by atoms with Crippen LogP contribution in [0.3, 0.4) is 0 Å². The Bertz CT molecular complexity index is 1120. The third kappa shape index (κ3) is 3.50. The second kappa shape index (κ2) is 7.41.